The van der Waals surface area contributed by atoms with Gasteiger partial charge < -0.3 is 24.8 Å². The third kappa shape index (κ3) is 6.28. The molecule has 2 aliphatic rings. The zero-order chi connectivity index (χ0) is 20.8. The first-order chi connectivity index (χ1) is 13.9. The first-order valence-corrected chi connectivity index (χ1v) is 11.1. The Balaban J connectivity index is 1.48. The average molecular weight is 469 g/mol. The zero-order valence-electron chi connectivity index (χ0n) is 16.3. The number of aliphatic carboxylic acids is 1. The molecule has 3 N–H and O–H groups in total. The van der Waals surface area contributed by atoms with Crippen molar-refractivity contribution in [2.45, 2.75) is 61.3 Å². The van der Waals surface area contributed by atoms with E-state index in [9.17, 15) is 15.0 Å². The topological polar surface area (TPSA) is 96.2 Å². The lowest BCUT2D eigenvalue weighted by Crippen LogP contribution is -2.24. The summed E-state index contributed by atoms with van der Waals surface area (Å²) in [5.41, 5.74) is 0. The third-order valence-corrected chi connectivity index (χ3v) is 6.78. The molecular formula is C22H29BrO6. The molecule has 2 unspecified atom stereocenters. The van der Waals surface area contributed by atoms with Crippen molar-refractivity contribution < 1.29 is 29.6 Å². The average Bonchev–Trinajstić information content (AvgIpc) is 3.22. The zero-order valence-corrected chi connectivity index (χ0v) is 17.9. The molecule has 1 aliphatic carbocycles. The van der Waals surface area contributed by atoms with E-state index in [0.29, 0.717) is 18.6 Å². The number of ether oxygens (including phenoxy) is 2. The molecule has 7 heteroatoms. The highest BCUT2D eigenvalue weighted by Crippen LogP contribution is 2.46. The SMILES string of the molecule is O=C(O)CCCC(Br)C1C[C@@H]2[C@@H](/C=C/[C@@H](O)COc3ccccc3)[C@H](O)C[C@@H]2O1. The van der Waals surface area contributed by atoms with Crippen LogP contribution in [-0.2, 0) is 9.53 Å². The summed E-state index contributed by atoms with van der Waals surface area (Å²) in [7, 11) is 0. The summed E-state index contributed by atoms with van der Waals surface area (Å²) in [6.07, 6.45) is 5.31. The highest BCUT2D eigenvalue weighted by atomic mass is 79.9. The molecule has 1 heterocycles. The second-order valence-electron chi connectivity index (χ2n) is 7.87. The molecule has 0 aromatic heterocycles. The quantitative estimate of drug-likeness (QED) is 0.360. The van der Waals surface area contributed by atoms with Gasteiger partial charge >= 0.3 is 5.97 Å². The molecule has 0 radical (unpaired) electrons. The van der Waals surface area contributed by atoms with Crippen LogP contribution in [0.5, 0.6) is 5.75 Å². The number of benzene rings is 1. The van der Waals surface area contributed by atoms with Gasteiger partial charge in [0.05, 0.1) is 18.3 Å². The van der Waals surface area contributed by atoms with Crippen LogP contribution in [0.1, 0.15) is 32.1 Å². The summed E-state index contributed by atoms with van der Waals surface area (Å²) in [5, 5.41) is 29.4. The van der Waals surface area contributed by atoms with E-state index < -0.39 is 18.2 Å². The molecule has 2 fully saturated rings. The fraction of sp³-hybridized carbons (Fsp3) is 0.591. The number of hydrogen-bond donors (Lipinski definition) is 3. The van der Waals surface area contributed by atoms with E-state index in [1.165, 1.54) is 0 Å². The Bertz CT molecular complexity index is 681. The van der Waals surface area contributed by atoms with Gasteiger partial charge in [-0.3, -0.25) is 4.79 Å². The van der Waals surface area contributed by atoms with Crippen molar-refractivity contribution >= 4 is 21.9 Å². The fourth-order valence-corrected chi connectivity index (χ4v) is 4.93. The summed E-state index contributed by atoms with van der Waals surface area (Å²) in [4.78, 5) is 10.8. The lowest BCUT2D eigenvalue weighted by atomic mass is 9.89. The van der Waals surface area contributed by atoms with Gasteiger partial charge in [0.15, 0.2) is 0 Å². The highest BCUT2D eigenvalue weighted by molar-refractivity contribution is 9.09. The third-order valence-electron chi connectivity index (χ3n) is 5.74. The molecule has 7 atom stereocenters. The standard InChI is InChI=1S/C22H29BrO6/c23-18(7-4-8-22(26)27)21-11-17-16(19(25)12-20(17)29-21)10-9-14(24)13-28-15-5-2-1-3-6-15/h1-3,5-6,9-10,14,16-21,24-25H,4,7-8,11-13H2,(H,26,27)/b10-9+/t14-,16-,17-,18?,19-,20+,21?/m1/s1. The predicted octanol–water partition coefficient (Wildman–Crippen LogP) is 3.16. The number of alkyl halides is 1. The first-order valence-electron chi connectivity index (χ1n) is 10.2. The van der Waals surface area contributed by atoms with Crippen molar-refractivity contribution in [2.75, 3.05) is 6.61 Å². The Kier molecular flexibility index (Phi) is 8.12. The molecule has 160 valence electrons. The maximum absolute atomic E-state index is 10.7. The first kappa shape index (κ1) is 22.3. The predicted molar refractivity (Wildman–Crippen MR) is 112 cm³/mol. The summed E-state index contributed by atoms with van der Waals surface area (Å²) in [6.45, 7) is 0.156. The number of fused-ring (bicyclic) bond motifs is 1. The van der Waals surface area contributed by atoms with Crippen molar-refractivity contribution in [1.82, 2.24) is 0 Å². The van der Waals surface area contributed by atoms with Gasteiger partial charge in [-0.05, 0) is 37.3 Å². The molecule has 1 saturated carbocycles. The second-order valence-corrected chi connectivity index (χ2v) is 9.05. The lowest BCUT2D eigenvalue weighted by molar-refractivity contribution is -0.137. The largest absolute Gasteiger partial charge is 0.491 e. The number of carboxylic acids is 1. The Labute approximate surface area is 179 Å². The number of carbonyl (C=O) groups is 1. The Morgan fingerprint density at radius 1 is 1.31 bits per heavy atom. The second kappa shape index (κ2) is 10.6. The smallest absolute Gasteiger partial charge is 0.303 e. The highest BCUT2D eigenvalue weighted by Gasteiger charge is 2.49. The van der Waals surface area contributed by atoms with Gasteiger partial charge in [-0.15, -0.1) is 0 Å². The van der Waals surface area contributed by atoms with Crippen LogP contribution < -0.4 is 4.74 Å². The summed E-state index contributed by atoms with van der Waals surface area (Å²) >= 11 is 3.65. The van der Waals surface area contributed by atoms with E-state index in [2.05, 4.69) is 15.9 Å². The van der Waals surface area contributed by atoms with Crippen LogP contribution in [0, 0.1) is 11.8 Å². The van der Waals surface area contributed by atoms with E-state index in [-0.39, 0.29) is 41.9 Å². The molecule has 0 amide bonds. The van der Waals surface area contributed by atoms with E-state index in [4.69, 9.17) is 14.6 Å². The lowest BCUT2D eigenvalue weighted by Gasteiger charge is -2.21. The van der Waals surface area contributed by atoms with E-state index in [1.807, 2.05) is 36.4 Å². The maximum atomic E-state index is 10.7. The maximum Gasteiger partial charge on any atom is 0.303 e. The van der Waals surface area contributed by atoms with Crippen molar-refractivity contribution in [3.05, 3.63) is 42.5 Å². The van der Waals surface area contributed by atoms with E-state index in [1.54, 1.807) is 6.08 Å². The fourth-order valence-electron chi connectivity index (χ4n) is 4.27. The molecule has 0 spiro atoms. The van der Waals surface area contributed by atoms with Crippen LogP contribution in [0.15, 0.2) is 42.5 Å². The van der Waals surface area contributed by atoms with Gasteiger partial charge in [0.25, 0.3) is 0 Å². The Morgan fingerprint density at radius 3 is 2.79 bits per heavy atom. The van der Waals surface area contributed by atoms with Crippen LogP contribution in [-0.4, -0.2) is 57.1 Å². The molecule has 1 saturated heterocycles. The van der Waals surface area contributed by atoms with Crippen LogP contribution in [0.3, 0.4) is 0 Å². The van der Waals surface area contributed by atoms with Gasteiger partial charge in [0, 0.05) is 23.6 Å². The minimum absolute atomic E-state index is 0.00175. The molecule has 29 heavy (non-hydrogen) atoms. The molecular weight excluding hydrogens is 440 g/mol. The normalized spacial score (nSPS) is 30.9. The number of aliphatic hydroxyl groups is 2. The minimum Gasteiger partial charge on any atom is -0.491 e. The number of halogens is 1. The van der Waals surface area contributed by atoms with Gasteiger partial charge in [-0.25, -0.2) is 0 Å². The Morgan fingerprint density at radius 2 is 2.07 bits per heavy atom. The number of aliphatic hydroxyl groups excluding tert-OH is 2. The van der Waals surface area contributed by atoms with Gasteiger partial charge in [0.1, 0.15) is 18.5 Å². The molecule has 6 nitrogen and oxygen atoms in total. The molecule has 1 aromatic carbocycles. The van der Waals surface area contributed by atoms with Gasteiger partial charge in [0.2, 0.25) is 0 Å². The van der Waals surface area contributed by atoms with Crippen LogP contribution >= 0.6 is 15.9 Å². The Hall–Kier alpha value is -1.41. The molecule has 1 aliphatic heterocycles. The number of hydrogen-bond acceptors (Lipinski definition) is 5. The number of carboxylic acid groups (broad SMARTS) is 1. The van der Waals surface area contributed by atoms with E-state index >= 15 is 0 Å². The van der Waals surface area contributed by atoms with Crippen molar-refractivity contribution in [1.29, 1.82) is 0 Å². The molecule has 3 rings (SSSR count). The summed E-state index contributed by atoms with van der Waals surface area (Å²) in [5.74, 6) is 0.0688. The van der Waals surface area contributed by atoms with Crippen molar-refractivity contribution in [3.8, 4) is 5.75 Å². The van der Waals surface area contributed by atoms with E-state index in [0.717, 1.165) is 12.8 Å². The van der Waals surface area contributed by atoms with Crippen LogP contribution in [0.25, 0.3) is 0 Å². The van der Waals surface area contributed by atoms with Gasteiger partial charge in [-0.2, -0.15) is 0 Å². The van der Waals surface area contributed by atoms with Crippen LogP contribution in [0.2, 0.25) is 0 Å². The van der Waals surface area contributed by atoms with Gasteiger partial charge in [-0.1, -0.05) is 46.3 Å². The van der Waals surface area contributed by atoms with Crippen molar-refractivity contribution in [2.24, 2.45) is 11.8 Å². The molecule has 1 aromatic rings. The van der Waals surface area contributed by atoms with Crippen LogP contribution in [0.4, 0.5) is 0 Å². The summed E-state index contributed by atoms with van der Waals surface area (Å²) in [6, 6.07) is 9.33. The number of para-hydroxylation sites is 1. The minimum atomic E-state index is -0.781. The number of rotatable bonds is 10. The van der Waals surface area contributed by atoms with Crippen molar-refractivity contribution in [3.63, 3.8) is 0 Å². The summed E-state index contributed by atoms with van der Waals surface area (Å²) < 4.78 is 11.7. The monoisotopic (exact) mass is 468 g/mol. The molecule has 0 bridgehead atoms.